The third kappa shape index (κ3) is 2.11. The summed E-state index contributed by atoms with van der Waals surface area (Å²) >= 11 is 0. The normalized spacial score (nSPS) is 16.4. The molecule has 0 amide bonds. The van der Waals surface area contributed by atoms with Crippen LogP contribution in [0.1, 0.15) is 49.3 Å². The van der Waals surface area contributed by atoms with E-state index in [1.807, 2.05) is 10.7 Å². The predicted octanol–water partition coefficient (Wildman–Crippen LogP) is 2.45. The van der Waals surface area contributed by atoms with Crippen molar-refractivity contribution in [3.8, 4) is 0 Å². The molecule has 3 heteroatoms. The molecule has 1 aromatic heterocycles. The van der Waals surface area contributed by atoms with Gasteiger partial charge in [-0.25, -0.2) is 0 Å². The summed E-state index contributed by atoms with van der Waals surface area (Å²) in [5.41, 5.74) is 1.80. The van der Waals surface area contributed by atoms with Crippen LogP contribution in [0.3, 0.4) is 0 Å². The molecular weight excluding hydrogens is 188 g/mol. The second-order valence-electron chi connectivity index (χ2n) is 4.41. The van der Waals surface area contributed by atoms with Gasteiger partial charge in [-0.3, -0.25) is 9.48 Å². The van der Waals surface area contributed by atoms with Gasteiger partial charge in [0.2, 0.25) is 0 Å². The number of hydrogen-bond acceptors (Lipinski definition) is 2. The van der Waals surface area contributed by atoms with Gasteiger partial charge in [-0.1, -0.05) is 13.3 Å². The Labute approximate surface area is 90.5 Å². The summed E-state index contributed by atoms with van der Waals surface area (Å²) in [6.07, 6.45) is 4.82. The highest BCUT2D eigenvalue weighted by Crippen LogP contribution is 2.28. The standard InChI is InChI=1S/C12H18N2O/c1-3-11-7-12(9(2)15)14(13-11)8-10-5-4-6-10/h7,10H,3-6,8H2,1-2H3. The van der Waals surface area contributed by atoms with Gasteiger partial charge in [0.25, 0.3) is 0 Å². The van der Waals surface area contributed by atoms with E-state index < -0.39 is 0 Å². The second kappa shape index (κ2) is 4.17. The van der Waals surface area contributed by atoms with E-state index in [0.29, 0.717) is 0 Å². The number of rotatable bonds is 4. The van der Waals surface area contributed by atoms with Gasteiger partial charge in [-0.2, -0.15) is 5.10 Å². The largest absolute Gasteiger partial charge is 0.293 e. The van der Waals surface area contributed by atoms with E-state index in [1.165, 1.54) is 19.3 Å². The molecule has 1 aliphatic rings. The Morgan fingerprint density at radius 1 is 1.60 bits per heavy atom. The summed E-state index contributed by atoms with van der Waals surface area (Å²) in [5, 5.41) is 4.47. The molecule has 1 fully saturated rings. The topological polar surface area (TPSA) is 34.9 Å². The molecule has 0 atom stereocenters. The molecule has 0 saturated heterocycles. The van der Waals surface area contributed by atoms with E-state index in [1.54, 1.807) is 6.92 Å². The molecule has 0 aliphatic heterocycles. The van der Waals surface area contributed by atoms with Crippen molar-refractivity contribution in [2.24, 2.45) is 5.92 Å². The summed E-state index contributed by atoms with van der Waals surface area (Å²) in [5.74, 6) is 0.870. The molecule has 3 nitrogen and oxygen atoms in total. The van der Waals surface area contributed by atoms with Gasteiger partial charge in [0.15, 0.2) is 5.78 Å². The molecular formula is C12H18N2O. The Morgan fingerprint density at radius 2 is 2.33 bits per heavy atom. The summed E-state index contributed by atoms with van der Waals surface area (Å²) in [4.78, 5) is 11.4. The first kappa shape index (κ1) is 10.4. The highest BCUT2D eigenvalue weighted by molar-refractivity contribution is 5.92. The third-order valence-electron chi connectivity index (χ3n) is 3.21. The van der Waals surface area contributed by atoms with Crippen LogP contribution < -0.4 is 0 Å². The van der Waals surface area contributed by atoms with Crippen LogP contribution in [0.25, 0.3) is 0 Å². The van der Waals surface area contributed by atoms with Gasteiger partial charge in [-0.05, 0) is 31.2 Å². The maximum atomic E-state index is 11.4. The third-order valence-corrected chi connectivity index (χ3v) is 3.21. The van der Waals surface area contributed by atoms with Gasteiger partial charge in [-0.15, -0.1) is 0 Å². The van der Waals surface area contributed by atoms with Crippen molar-refractivity contribution in [1.29, 1.82) is 0 Å². The van der Waals surface area contributed by atoms with Crippen LogP contribution >= 0.6 is 0 Å². The van der Waals surface area contributed by atoms with Crippen LogP contribution in [-0.2, 0) is 13.0 Å². The number of Topliss-reactive ketones (excluding diaryl/α,β-unsaturated/α-hetero) is 1. The fourth-order valence-corrected chi connectivity index (χ4v) is 1.99. The smallest absolute Gasteiger partial charge is 0.177 e. The Morgan fingerprint density at radius 3 is 2.80 bits per heavy atom. The molecule has 0 N–H and O–H groups in total. The minimum Gasteiger partial charge on any atom is -0.293 e. The van der Waals surface area contributed by atoms with Gasteiger partial charge in [0.05, 0.1) is 5.69 Å². The molecule has 15 heavy (non-hydrogen) atoms. The lowest BCUT2D eigenvalue weighted by atomic mass is 9.85. The molecule has 2 rings (SSSR count). The first-order valence-corrected chi connectivity index (χ1v) is 5.78. The molecule has 1 aromatic rings. The zero-order chi connectivity index (χ0) is 10.8. The molecule has 1 heterocycles. The lowest BCUT2D eigenvalue weighted by molar-refractivity contribution is 0.1000. The maximum absolute atomic E-state index is 11.4. The molecule has 0 spiro atoms. The minimum absolute atomic E-state index is 0.126. The van der Waals surface area contributed by atoms with Crippen molar-refractivity contribution in [1.82, 2.24) is 9.78 Å². The van der Waals surface area contributed by atoms with Crippen molar-refractivity contribution < 1.29 is 4.79 Å². The molecule has 0 radical (unpaired) electrons. The van der Waals surface area contributed by atoms with Crippen LogP contribution in [0.5, 0.6) is 0 Å². The molecule has 1 saturated carbocycles. The molecule has 82 valence electrons. The van der Waals surface area contributed by atoms with E-state index in [0.717, 1.165) is 30.3 Å². The Balaban J connectivity index is 2.18. The molecule has 0 aromatic carbocycles. The van der Waals surface area contributed by atoms with Crippen LogP contribution in [0.2, 0.25) is 0 Å². The SMILES string of the molecule is CCc1cc(C(C)=O)n(CC2CCC2)n1. The first-order chi connectivity index (χ1) is 7.20. The Kier molecular flexibility index (Phi) is 2.89. The van der Waals surface area contributed by atoms with Crippen molar-refractivity contribution in [2.45, 2.75) is 46.1 Å². The predicted molar refractivity (Wildman–Crippen MR) is 59.0 cm³/mol. The van der Waals surface area contributed by atoms with E-state index in [-0.39, 0.29) is 5.78 Å². The van der Waals surface area contributed by atoms with Gasteiger partial charge in [0, 0.05) is 13.5 Å². The second-order valence-corrected chi connectivity index (χ2v) is 4.41. The number of aryl methyl sites for hydroxylation is 1. The highest BCUT2D eigenvalue weighted by atomic mass is 16.1. The van der Waals surface area contributed by atoms with E-state index >= 15 is 0 Å². The van der Waals surface area contributed by atoms with Crippen molar-refractivity contribution in [3.05, 3.63) is 17.5 Å². The maximum Gasteiger partial charge on any atom is 0.177 e. The number of nitrogens with zero attached hydrogens (tertiary/aromatic N) is 2. The van der Waals surface area contributed by atoms with E-state index in [4.69, 9.17) is 0 Å². The average molecular weight is 206 g/mol. The lowest BCUT2D eigenvalue weighted by Crippen LogP contribution is -2.21. The molecule has 0 bridgehead atoms. The fourth-order valence-electron chi connectivity index (χ4n) is 1.99. The zero-order valence-corrected chi connectivity index (χ0v) is 9.49. The van der Waals surface area contributed by atoms with Gasteiger partial charge in [0.1, 0.15) is 5.69 Å². The summed E-state index contributed by atoms with van der Waals surface area (Å²) in [6.45, 7) is 4.61. The minimum atomic E-state index is 0.126. The van der Waals surface area contributed by atoms with E-state index in [2.05, 4.69) is 12.0 Å². The Hall–Kier alpha value is -1.12. The Bertz CT molecular complexity index is 364. The highest BCUT2D eigenvalue weighted by Gasteiger charge is 2.20. The lowest BCUT2D eigenvalue weighted by Gasteiger charge is -2.25. The summed E-state index contributed by atoms with van der Waals surface area (Å²) < 4.78 is 1.91. The monoisotopic (exact) mass is 206 g/mol. The van der Waals surface area contributed by atoms with Crippen LogP contribution in [0.4, 0.5) is 0 Å². The average Bonchev–Trinajstić information content (AvgIpc) is 2.54. The number of ketones is 1. The molecule has 0 unspecified atom stereocenters. The van der Waals surface area contributed by atoms with Gasteiger partial charge < -0.3 is 0 Å². The summed E-state index contributed by atoms with van der Waals surface area (Å²) in [6, 6.07) is 1.93. The van der Waals surface area contributed by atoms with Crippen LogP contribution in [0.15, 0.2) is 6.07 Å². The summed E-state index contributed by atoms with van der Waals surface area (Å²) in [7, 11) is 0. The number of carbonyl (C=O) groups excluding carboxylic acids is 1. The van der Waals surface area contributed by atoms with Crippen LogP contribution in [-0.4, -0.2) is 15.6 Å². The van der Waals surface area contributed by atoms with Crippen LogP contribution in [0, 0.1) is 5.92 Å². The number of aromatic nitrogens is 2. The van der Waals surface area contributed by atoms with Crippen molar-refractivity contribution in [2.75, 3.05) is 0 Å². The fraction of sp³-hybridized carbons (Fsp3) is 0.667. The van der Waals surface area contributed by atoms with Crippen molar-refractivity contribution >= 4 is 5.78 Å². The number of hydrogen-bond donors (Lipinski definition) is 0. The molecule has 1 aliphatic carbocycles. The first-order valence-electron chi connectivity index (χ1n) is 5.78. The number of carbonyl (C=O) groups is 1. The van der Waals surface area contributed by atoms with Gasteiger partial charge >= 0.3 is 0 Å². The van der Waals surface area contributed by atoms with E-state index in [9.17, 15) is 4.79 Å². The van der Waals surface area contributed by atoms with Crippen molar-refractivity contribution in [3.63, 3.8) is 0 Å². The zero-order valence-electron chi connectivity index (χ0n) is 9.49. The quantitative estimate of drug-likeness (QED) is 0.709.